The summed E-state index contributed by atoms with van der Waals surface area (Å²) in [6.45, 7) is -4.02. The van der Waals surface area contributed by atoms with Crippen LogP contribution in [0.2, 0.25) is 0 Å². The van der Waals surface area contributed by atoms with Crippen LogP contribution in [0.3, 0.4) is 0 Å². The van der Waals surface area contributed by atoms with Crippen LogP contribution in [0, 0.1) is 0 Å². The molecule has 0 spiro atoms. The van der Waals surface area contributed by atoms with Gasteiger partial charge in [0.25, 0.3) is 0 Å². The average Bonchev–Trinajstić information content (AvgIpc) is 3.01. The van der Waals surface area contributed by atoms with Gasteiger partial charge in [-0.15, -0.1) is 0 Å². The molecule has 1 aliphatic heterocycles. The molecule has 0 atom stereocenters. The van der Waals surface area contributed by atoms with E-state index in [0.29, 0.717) is 24.9 Å². The van der Waals surface area contributed by atoms with Crippen molar-refractivity contribution in [3.05, 3.63) is 59.7 Å². The van der Waals surface area contributed by atoms with Crippen LogP contribution in [0.25, 0.3) is 0 Å². The number of alkyl halides is 12. The summed E-state index contributed by atoms with van der Waals surface area (Å²) in [5.41, 5.74) is -14.2. The molecular formula is C21H17F12O2P. The van der Waals surface area contributed by atoms with Gasteiger partial charge in [-0.05, 0) is 0 Å². The van der Waals surface area contributed by atoms with Gasteiger partial charge in [-0.25, -0.2) is 0 Å². The van der Waals surface area contributed by atoms with E-state index in [0.717, 1.165) is 31.2 Å². The number of rotatable bonds is 3. The molecule has 2 aromatic rings. The van der Waals surface area contributed by atoms with Gasteiger partial charge < -0.3 is 0 Å². The molecule has 2 nitrogen and oxygen atoms in total. The first-order valence-electron chi connectivity index (χ1n) is 9.95. The molecule has 1 N–H and O–H groups in total. The summed E-state index contributed by atoms with van der Waals surface area (Å²) in [5.74, 6) is 0. The number of halogens is 12. The third kappa shape index (κ3) is 3.39. The number of hydrogen-bond donors (Lipinski definition) is 1. The second kappa shape index (κ2) is 7.73. The number of hydrogen-bond acceptors (Lipinski definition) is 2. The third-order valence-electron chi connectivity index (χ3n) is 6.60. The van der Waals surface area contributed by atoms with Crippen LogP contribution in [-0.2, 0) is 15.7 Å². The Bertz CT molecular complexity index is 1140. The number of fused-ring (bicyclic) bond motifs is 1. The van der Waals surface area contributed by atoms with Crippen LogP contribution in [0.4, 0.5) is 52.7 Å². The fourth-order valence-electron chi connectivity index (χ4n) is 4.66. The zero-order chi connectivity index (χ0) is 27.8. The van der Waals surface area contributed by atoms with E-state index >= 15 is 0 Å². The Hall–Kier alpha value is -2.05. The van der Waals surface area contributed by atoms with E-state index in [4.69, 9.17) is 4.52 Å². The minimum absolute atomic E-state index is 0.164. The summed E-state index contributed by atoms with van der Waals surface area (Å²) in [7, 11) is 0. The van der Waals surface area contributed by atoms with Gasteiger partial charge >= 0.3 is 195 Å². The molecule has 15 heteroatoms. The molecule has 0 aliphatic carbocycles. The fourth-order valence-corrected chi connectivity index (χ4v) is 9.65. The zero-order valence-electron chi connectivity index (χ0n) is 18.2. The third-order valence-corrected chi connectivity index (χ3v) is 12.2. The molecule has 0 unspecified atom stereocenters. The topological polar surface area (TPSA) is 29.5 Å². The van der Waals surface area contributed by atoms with Gasteiger partial charge in [0.05, 0.1) is 0 Å². The predicted molar refractivity (Wildman–Crippen MR) is 106 cm³/mol. The van der Waals surface area contributed by atoms with Crippen molar-refractivity contribution in [2.75, 3.05) is 12.8 Å². The SMILES string of the molecule is CCP1(C)(c2ccccc2C(O)(C(F)(F)F)C(F)(F)F)OC(C(F)(F)F)(C(F)(F)F)c2ccccc21. The summed E-state index contributed by atoms with van der Waals surface area (Å²) in [4.78, 5) is 0. The van der Waals surface area contributed by atoms with E-state index in [1.54, 1.807) is 0 Å². The molecule has 1 aliphatic rings. The van der Waals surface area contributed by atoms with Gasteiger partial charge in [0.1, 0.15) is 0 Å². The first kappa shape index (κ1) is 28.5. The number of benzene rings is 2. The van der Waals surface area contributed by atoms with Crippen LogP contribution in [0.1, 0.15) is 18.1 Å². The second-order valence-corrected chi connectivity index (χ2v) is 13.7. The van der Waals surface area contributed by atoms with Gasteiger partial charge in [0, 0.05) is 0 Å². The van der Waals surface area contributed by atoms with E-state index in [-0.39, 0.29) is 6.07 Å². The Morgan fingerprint density at radius 2 is 1.14 bits per heavy atom. The van der Waals surface area contributed by atoms with Gasteiger partial charge in [0.2, 0.25) is 0 Å². The van der Waals surface area contributed by atoms with Crippen LogP contribution in [0.5, 0.6) is 0 Å². The quantitative estimate of drug-likeness (QED) is 0.347. The zero-order valence-corrected chi connectivity index (χ0v) is 19.1. The molecular weight excluding hydrogens is 543 g/mol. The molecule has 1 heterocycles. The van der Waals surface area contributed by atoms with Crippen LogP contribution in [-0.4, -0.2) is 42.6 Å². The summed E-state index contributed by atoms with van der Waals surface area (Å²) < 4.78 is 173. The van der Waals surface area contributed by atoms with E-state index in [2.05, 4.69) is 0 Å². The van der Waals surface area contributed by atoms with Crippen molar-refractivity contribution in [2.45, 2.75) is 42.8 Å². The van der Waals surface area contributed by atoms with E-state index in [1.165, 1.54) is 0 Å². The van der Waals surface area contributed by atoms with Crippen molar-refractivity contribution >= 4 is 17.4 Å². The second-order valence-electron chi connectivity index (χ2n) is 8.51. The molecule has 0 amide bonds. The Kier molecular flexibility index (Phi) is 6.13. The molecule has 0 saturated heterocycles. The standard InChI is InChI=1S/C21H17F12O2P/c1-3-36(2,14-10-6-4-8-12(14)16(34,18(22,23)24)19(25,26)27)15-11-7-5-9-13(15)17(35-36,20(28,29)30)21(31,32)33/h4-11,34H,3H2,1-2H3. The van der Waals surface area contributed by atoms with Gasteiger partial charge in [-0.1, -0.05) is 0 Å². The Labute approximate surface area is 195 Å². The summed E-state index contributed by atoms with van der Waals surface area (Å²) in [6, 6.07) is 5.16. The number of aliphatic hydroxyl groups is 1. The maximum atomic E-state index is 14.2. The average molecular weight is 560 g/mol. The fraction of sp³-hybridized carbons (Fsp3) is 0.429. The van der Waals surface area contributed by atoms with Gasteiger partial charge in [-0.2, -0.15) is 0 Å². The van der Waals surface area contributed by atoms with Crippen LogP contribution < -0.4 is 10.6 Å². The first-order valence-corrected chi connectivity index (χ1v) is 12.7. The summed E-state index contributed by atoms with van der Waals surface area (Å²) in [5, 5.41) is 8.01. The summed E-state index contributed by atoms with van der Waals surface area (Å²) >= 11 is 0. The van der Waals surface area contributed by atoms with Crippen molar-refractivity contribution in [1.82, 2.24) is 0 Å². The molecule has 3 rings (SSSR count). The van der Waals surface area contributed by atoms with Crippen molar-refractivity contribution in [3.63, 3.8) is 0 Å². The maximum absolute atomic E-state index is 14.2. The van der Waals surface area contributed by atoms with Gasteiger partial charge in [0.15, 0.2) is 0 Å². The molecule has 0 aromatic heterocycles. The van der Waals surface area contributed by atoms with Crippen LogP contribution >= 0.6 is 6.83 Å². The molecule has 0 saturated carbocycles. The Morgan fingerprint density at radius 3 is 1.56 bits per heavy atom. The van der Waals surface area contributed by atoms with E-state index < -0.39 is 70.6 Å². The summed E-state index contributed by atoms with van der Waals surface area (Å²) in [6.07, 6.45) is -26.2. The van der Waals surface area contributed by atoms with Crippen molar-refractivity contribution < 1.29 is 62.3 Å². The molecule has 0 radical (unpaired) electrons. The normalized spacial score (nSPS) is 20.9. The minimum atomic E-state index is -6.46. The molecule has 202 valence electrons. The Morgan fingerprint density at radius 1 is 0.722 bits per heavy atom. The monoisotopic (exact) mass is 560 g/mol. The van der Waals surface area contributed by atoms with Crippen LogP contribution in [0.15, 0.2) is 48.5 Å². The van der Waals surface area contributed by atoms with Crippen molar-refractivity contribution in [2.24, 2.45) is 0 Å². The van der Waals surface area contributed by atoms with E-state index in [1.807, 2.05) is 0 Å². The predicted octanol–water partition coefficient (Wildman–Crippen LogP) is 6.42. The van der Waals surface area contributed by atoms with Gasteiger partial charge in [-0.3, -0.25) is 0 Å². The van der Waals surface area contributed by atoms with E-state index in [9.17, 15) is 57.8 Å². The Balaban J connectivity index is 2.59. The van der Waals surface area contributed by atoms with Crippen molar-refractivity contribution in [3.8, 4) is 0 Å². The molecule has 2 aromatic carbocycles. The van der Waals surface area contributed by atoms with Crippen molar-refractivity contribution in [1.29, 1.82) is 0 Å². The molecule has 36 heavy (non-hydrogen) atoms. The first-order chi connectivity index (χ1) is 16.0. The molecule has 0 fully saturated rings. The molecule has 0 bridgehead atoms.